The van der Waals surface area contributed by atoms with E-state index in [9.17, 15) is 9.90 Å². The summed E-state index contributed by atoms with van der Waals surface area (Å²) in [6, 6.07) is 2.84. The fourth-order valence-corrected chi connectivity index (χ4v) is 2.60. The fourth-order valence-electron chi connectivity index (χ4n) is 2.33. The summed E-state index contributed by atoms with van der Waals surface area (Å²) in [5.74, 6) is 0.728. The summed E-state index contributed by atoms with van der Waals surface area (Å²) in [7, 11) is 0. The number of nitrogens with zero attached hydrogens (tertiary/aromatic N) is 1. The maximum Gasteiger partial charge on any atom is 0.254 e. The Hall–Kier alpha value is -1.50. The molecule has 0 aromatic heterocycles. The third-order valence-corrected chi connectivity index (χ3v) is 3.65. The van der Waals surface area contributed by atoms with E-state index < -0.39 is 0 Å². The molecule has 108 valence electrons. The van der Waals surface area contributed by atoms with Crippen molar-refractivity contribution < 1.29 is 24.1 Å². The zero-order valence-corrected chi connectivity index (χ0v) is 11.4. The Balaban J connectivity index is 1.88. The predicted molar refractivity (Wildman–Crippen MR) is 70.3 cm³/mol. The van der Waals surface area contributed by atoms with Crippen LogP contribution in [0.3, 0.4) is 0 Å². The Morgan fingerprint density at radius 1 is 1.45 bits per heavy atom. The second-order valence-electron chi connectivity index (χ2n) is 4.60. The van der Waals surface area contributed by atoms with Gasteiger partial charge < -0.3 is 24.2 Å². The number of carbonyl (C=O) groups excluding carboxylic acids is 1. The van der Waals surface area contributed by atoms with Crippen molar-refractivity contribution in [2.45, 2.75) is 6.04 Å². The number of hydrogen-bond acceptors (Lipinski definition) is 5. The number of ether oxygens (including phenoxy) is 3. The average Bonchev–Trinajstić information content (AvgIpc) is 2.95. The lowest BCUT2D eigenvalue weighted by molar-refractivity contribution is -0.0184. The second-order valence-corrected chi connectivity index (χ2v) is 5.01. The first kappa shape index (κ1) is 13.5. The van der Waals surface area contributed by atoms with Crippen LogP contribution in [0.2, 0.25) is 5.02 Å². The molecule has 2 heterocycles. The lowest BCUT2D eigenvalue weighted by Gasteiger charge is -2.34. The molecule has 0 saturated carbocycles. The Morgan fingerprint density at radius 2 is 2.30 bits per heavy atom. The van der Waals surface area contributed by atoms with E-state index in [4.69, 9.17) is 25.8 Å². The van der Waals surface area contributed by atoms with Crippen LogP contribution in [-0.2, 0) is 4.74 Å². The minimum absolute atomic E-state index is 0.101. The fraction of sp³-hybridized carbons (Fsp3) is 0.462. The smallest absolute Gasteiger partial charge is 0.254 e. The molecule has 1 N–H and O–H groups in total. The predicted octanol–water partition coefficient (Wildman–Crippen LogP) is 0.902. The van der Waals surface area contributed by atoms with Gasteiger partial charge in [-0.1, -0.05) is 11.6 Å². The molecule has 1 fully saturated rings. The Labute approximate surface area is 120 Å². The van der Waals surface area contributed by atoms with E-state index in [1.54, 1.807) is 17.0 Å². The molecule has 0 radical (unpaired) electrons. The maximum atomic E-state index is 12.5. The molecule has 20 heavy (non-hydrogen) atoms. The van der Waals surface area contributed by atoms with Crippen LogP contribution >= 0.6 is 11.6 Å². The summed E-state index contributed by atoms with van der Waals surface area (Å²) in [5, 5.41) is 9.67. The van der Waals surface area contributed by atoms with E-state index in [0.717, 1.165) is 0 Å². The van der Waals surface area contributed by atoms with E-state index in [-0.39, 0.29) is 25.3 Å². The quantitative estimate of drug-likeness (QED) is 0.879. The first-order chi connectivity index (χ1) is 9.70. The molecule has 1 aromatic rings. The number of amides is 1. The third kappa shape index (κ3) is 2.30. The monoisotopic (exact) mass is 299 g/mol. The summed E-state index contributed by atoms with van der Waals surface area (Å²) in [5.41, 5.74) is 0.416. The van der Waals surface area contributed by atoms with Gasteiger partial charge in [-0.2, -0.15) is 0 Å². The van der Waals surface area contributed by atoms with Gasteiger partial charge in [-0.15, -0.1) is 0 Å². The molecule has 0 bridgehead atoms. The highest BCUT2D eigenvalue weighted by atomic mass is 35.5. The summed E-state index contributed by atoms with van der Waals surface area (Å²) >= 11 is 6.08. The Kier molecular flexibility index (Phi) is 3.69. The van der Waals surface area contributed by atoms with Crippen molar-refractivity contribution in [1.29, 1.82) is 0 Å². The third-order valence-electron chi connectivity index (χ3n) is 3.37. The number of hydrogen-bond donors (Lipinski definition) is 1. The number of morpholine rings is 1. The van der Waals surface area contributed by atoms with Gasteiger partial charge in [0.25, 0.3) is 5.91 Å². The molecule has 1 aromatic carbocycles. The van der Waals surface area contributed by atoms with Gasteiger partial charge in [0.1, 0.15) is 0 Å². The first-order valence-electron chi connectivity index (χ1n) is 6.29. The van der Waals surface area contributed by atoms with Gasteiger partial charge >= 0.3 is 0 Å². The zero-order chi connectivity index (χ0) is 14.1. The highest BCUT2D eigenvalue weighted by molar-refractivity contribution is 6.32. The van der Waals surface area contributed by atoms with Gasteiger partial charge in [0.05, 0.1) is 30.9 Å². The van der Waals surface area contributed by atoms with Crippen LogP contribution in [0, 0.1) is 0 Å². The van der Waals surface area contributed by atoms with Crippen LogP contribution in [0.15, 0.2) is 12.1 Å². The average molecular weight is 300 g/mol. The van der Waals surface area contributed by atoms with Crippen LogP contribution in [0.4, 0.5) is 0 Å². The van der Waals surface area contributed by atoms with Crippen molar-refractivity contribution in [1.82, 2.24) is 4.90 Å². The minimum Gasteiger partial charge on any atom is -0.454 e. The van der Waals surface area contributed by atoms with Crippen molar-refractivity contribution in [2.75, 3.05) is 33.2 Å². The van der Waals surface area contributed by atoms with Crippen molar-refractivity contribution in [3.63, 3.8) is 0 Å². The van der Waals surface area contributed by atoms with Gasteiger partial charge in [-0.05, 0) is 12.1 Å². The maximum absolute atomic E-state index is 12.5. The lowest BCUT2D eigenvalue weighted by Crippen LogP contribution is -2.50. The number of fused-ring (bicyclic) bond motifs is 1. The molecule has 3 rings (SSSR count). The SMILES string of the molecule is O=C(c1cc(Cl)c2c(c1)OCO2)N1CCOCC1CO. The van der Waals surface area contributed by atoms with Crippen LogP contribution in [0.25, 0.3) is 0 Å². The number of aliphatic hydroxyl groups is 1. The summed E-state index contributed by atoms with van der Waals surface area (Å²) in [4.78, 5) is 14.1. The van der Waals surface area contributed by atoms with Crippen molar-refractivity contribution in [3.05, 3.63) is 22.7 Å². The first-order valence-corrected chi connectivity index (χ1v) is 6.67. The Bertz CT molecular complexity index is 536. The summed E-state index contributed by atoms with van der Waals surface area (Å²) in [6.45, 7) is 1.20. The van der Waals surface area contributed by atoms with Crippen molar-refractivity contribution in [3.8, 4) is 11.5 Å². The van der Waals surface area contributed by atoms with Gasteiger partial charge in [0.15, 0.2) is 11.5 Å². The molecule has 1 saturated heterocycles. The second kappa shape index (κ2) is 5.47. The van der Waals surface area contributed by atoms with Crippen LogP contribution in [0.1, 0.15) is 10.4 Å². The van der Waals surface area contributed by atoms with E-state index in [2.05, 4.69) is 0 Å². The molecule has 2 aliphatic heterocycles. The Morgan fingerprint density at radius 3 is 3.10 bits per heavy atom. The van der Waals surface area contributed by atoms with Crippen molar-refractivity contribution >= 4 is 17.5 Å². The number of aliphatic hydroxyl groups excluding tert-OH is 1. The molecular formula is C13H14ClNO5. The number of rotatable bonds is 2. The van der Waals surface area contributed by atoms with E-state index >= 15 is 0 Å². The molecule has 0 spiro atoms. The molecular weight excluding hydrogens is 286 g/mol. The van der Waals surface area contributed by atoms with Crippen molar-refractivity contribution in [2.24, 2.45) is 0 Å². The van der Waals surface area contributed by atoms with Crippen LogP contribution < -0.4 is 9.47 Å². The topological polar surface area (TPSA) is 68.2 Å². The number of halogens is 1. The molecule has 2 aliphatic rings. The minimum atomic E-state index is -0.333. The standard InChI is InChI=1S/C13H14ClNO5/c14-10-3-8(4-11-12(10)20-7-19-11)13(17)15-1-2-18-6-9(15)5-16/h3-4,9,16H,1-2,5-7H2. The highest BCUT2D eigenvalue weighted by Gasteiger charge is 2.29. The molecule has 6 nitrogen and oxygen atoms in total. The molecule has 1 unspecified atom stereocenters. The normalized spacial score (nSPS) is 21.1. The molecule has 0 aliphatic carbocycles. The van der Waals surface area contributed by atoms with E-state index in [1.807, 2.05) is 0 Å². The lowest BCUT2D eigenvalue weighted by atomic mass is 10.1. The van der Waals surface area contributed by atoms with Gasteiger partial charge in [0.2, 0.25) is 6.79 Å². The molecule has 1 amide bonds. The van der Waals surface area contributed by atoms with Crippen LogP contribution in [-0.4, -0.2) is 55.1 Å². The number of benzene rings is 1. The van der Waals surface area contributed by atoms with Gasteiger partial charge in [-0.25, -0.2) is 0 Å². The number of carbonyl (C=O) groups is 1. The zero-order valence-electron chi connectivity index (χ0n) is 10.7. The molecule has 1 atom stereocenters. The summed E-state index contributed by atoms with van der Waals surface area (Å²) < 4.78 is 15.7. The van der Waals surface area contributed by atoms with Crippen LogP contribution in [0.5, 0.6) is 11.5 Å². The highest BCUT2D eigenvalue weighted by Crippen LogP contribution is 2.40. The molecule has 7 heteroatoms. The van der Waals surface area contributed by atoms with E-state index in [0.29, 0.717) is 41.8 Å². The summed E-state index contributed by atoms with van der Waals surface area (Å²) in [6.07, 6.45) is 0. The largest absolute Gasteiger partial charge is 0.454 e. The van der Waals surface area contributed by atoms with Gasteiger partial charge in [-0.3, -0.25) is 4.79 Å². The van der Waals surface area contributed by atoms with E-state index in [1.165, 1.54) is 0 Å². The van der Waals surface area contributed by atoms with Gasteiger partial charge in [0, 0.05) is 12.1 Å².